The Morgan fingerprint density at radius 1 is 0.640 bits per heavy atom. The molecule has 0 heterocycles. The Balaban J connectivity index is 2.15. The van der Waals surface area contributed by atoms with Crippen molar-refractivity contribution in [1.82, 2.24) is 0 Å². The van der Waals surface area contributed by atoms with Crippen LogP contribution in [0.15, 0.2) is 84.9 Å². The van der Waals surface area contributed by atoms with Gasteiger partial charge in [-0.05, 0) is 28.8 Å². The van der Waals surface area contributed by atoms with E-state index in [0.29, 0.717) is 5.56 Å². The summed E-state index contributed by atoms with van der Waals surface area (Å²) in [5.41, 5.74) is 2.01. The third-order valence-corrected chi connectivity index (χ3v) is 4.46. The van der Waals surface area contributed by atoms with Crippen LogP contribution in [-0.4, -0.2) is 6.36 Å². The van der Waals surface area contributed by atoms with Gasteiger partial charge in [-0.25, -0.2) is 0 Å². The fourth-order valence-electron chi connectivity index (χ4n) is 2.74. The highest BCUT2D eigenvalue weighted by Crippen LogP contribution is 2.44. The molecule has 0 aromatic heterocycles. The van der Waals surface area contributed by atoms with Crippen LogP contribution >= 0.6 is 11.6 Å². The van der Waals surface area contributed by atoms with Crippen LogP contribution < -0.4 is 4.74 Å². The third kappa shape index (κ3) is 3.80. The van der Waals surface area contributed by atoms with E-state index in [0.717, 1.165) is 11.1 Å². The van der Waals surface area contributed by atoms with E-state index in [-0.39, 0.29) is 5.75 Å². The summed E-state index contributed by atoms with van der Waals surface area (Å²) >= 11 is 7.02. The van der Waals surface area contributed by atoms with Crippen molar-refractivity contribution in [3.8, 4) is 5.75 Å². The summed E-state index contributed by atoms with van der Waals surface area (Å²) in [7, 11) is 0. The van der Waals surface area contributed by atoms with Crippen molar-refractivity contribution in [3.05, 3.63) is 102 Å². The van der Waals surface area contributed by atoms with Gasteiger partial charge in [0.25, 0.3) is 0 Å². The summed E-state index contributed by atoms with van der Waals surface area (Å²) in [6.45, 7) is 0. The topological polar surface area (TPSA) is 9.23 Å². The largest absolute Gasteiger partial charge is 0.573 e. The molecule has 0 atom stereocenters. The molecule has 0 saturated heterocycles. The molecule has 25 heavy (non-hydrogen) atoms. The Morgan fingerprint density at radius 2 is 1.12 bits per heavy atom. The maximum Gasteiger partial charge on any atom is 0.573 e. The molecule has 1 nitrogen and oxygen atoms in total. The standard InChI is InChI=1S/C20H14ClF3O/c21-19(15-8-3-1-4-9-15,16-10-5-2-6-11-16)17-12-7-13-18(14-17)25-20(22,23)24/h1-14H. The summed E-state index contributed by atoms with van der Waals surface area (Å²) in [6, 6.07) is 24.2. The molecule has 0 fully saturated rings. The zero-order valence-corrected chi connectivity index (χ0v) is 13.8. The van der Waals surface area contributed by atoms with Crippen LogP contribution in [0.2, 0.25) is 0 Å². The average Bonchev–Trinajstić information content (AvgIpc) is 2.61. The first-order chi connectivity index (χ1) is 11.9. The predicted octanol–water partition coefficient (Wildman–Crippen LogP) is 6.12. The summed E-state index contributed by atoms with van der Waals surface area (Å²) in [5, 5.41) is 0. The number of benzene rings is 3. The van der Waals surface area contributed by atoms with Crippen molar-refractivity contribution in [1.29, 1.82) is 0 Å². The number of alkyl halides is 4. The van der Waals surface area contributed by atoms with Crippen LogP contribution in [0.3, 0.4) is 0 Å². The summed E-state index contributed by atoms with van der Waals surface area (Å²) in [5.74, 6) is -0.304. The normalized spacial score (nSPS) is 12.0. The second-order valence-electron chi connectivity index (χ2n) is 5.47. The van der Waals surface area contributed by atoms with E-state index >= 15 is 0 Å². The van der Waals surface area contributed by atoms with E-state index in [4.69, 9.17) is 11.6 Å². The van der Waals surface area contributed by atoms with Crippen LogP contribution in [0.4, 0.5) is 13.2 Å². The zero-order chi connectivity index (χ0) is 17.9. The van der Waals surface area contributed by atoms with E-state index in [1.807, 2.05) is 60.7 Å². The molecule has 3 aromatic carbocycles. The molecule has 3 aromatic rings. The molecule has 0 aliphatic rings. The van der Waals surface area contributed by atoms with Gasteiger partial charge in [-0.2, -0.15) is 0 Å². The molecule has 0 aliphatic carbocycles. The molecule has 5 heteroatoms. The second kappa shape index (κ2) is 6.81. The van der Waals surface area contributed by atoms with E-state index in [1.54, 1.807) is 6.07 Å². The second-order valence-corrected chi connectivity index (χ2v) is 6.03. The van der Waals surface area contributed by atoms with Gasteiger partial charge in [-0.15, -0.1) is 24.8 Å². The zero-order valence-electron chi connectivity index (χ0n) is 13.0. The van der Waals surface area contributed by atoms with Crippen LogP contribution in [-0.2, 0) is 4.87 Å². The molecular weight excluding hydrogens is 349 g/mol. The van der Waals surface area contributed by atoms with E-state index in [9.17, 15) is 13.2 Å². The first kappa shape index (κ1) is 17.4. The van der Waals surface area contributed by atoms with Gasteiger partial charge in [-0.3, -0.25) is 0 Å². The lowest BCUT2D eigenvalue weighted by molar-refractivity contribution is -0.274. The third-order valence-electron chi connectivity index (χ3n) is 3.81. The molecular formula is C20H14ClF3O. The minimum atomic E-state index is -4.76. The molecule has 0 amide bonds. The molecule has 0 N–H and O–H groups in total. The summed E-state index contributed by atoms with van der Waals surface area (Å²) < 4.78 is 41.7. The number of rotatable bonds is 4. The maximum absolute atomic E-state index is 12.6. The number of hydrogen-bond acceptors (Lipinski definition) is 1. The lowest BCUT2D eigenvalue weighted by atomic mass is 9.84. The van der Waals surface area contributed by atoms with Crippen LogP contribution in [0.25, 0.3) is 0 Å². The Hall–Kier alpha value is -2.46. The molecule has 0 radical (unpaired) electrons. The van der Waals surface area contributed by atoms with Gasteiger partial charge < -0.3 is 4.74 Å². The van der Waals surface area contributed by atoms with Crippen molar-refractivity contribution in [3.63, 3.8) is 0 Å². The Labute approximate surface area is 148 Å². The quantitative estimate of drug-likeness (QED) is 0.401. The summed E-state index contributed by atoms with van der Waals surface area (Å²) in [4.78, 5) is -1.13. The lowest BCUT2D eigenvalue weighted by Crippen LogP contribution is -2.23. The molecule has 0 aliphatic heterocycles. The number of ether oxygens (including phenoxy) is 1. The highest BCUT2D eigenvalue weighted by Gasteiger charge is 2.36. The minimum Gasteiger partial charge on any atom is -0.406 e. The Kier molecular flexibility index (Phi) is 4.73. The van der Waals surface area contributed by atoms with Crippen LogP contribution in [0, 0.1) is 0 Å². The fourth-order valence-corrected chi connectivity index (χ4v) is 3.11. The predicted molar refractivity (Wildman–Crippen MR) is 91.7 cm³/mol. The van der Waals surface area contributed by atoms with Crippen molar-refractivity contribution >= 4 is 11.6 Å². The fraction of sp³-hybridized carbons (Fsp3) is 0.100. The lowest BCUT2D eigenvalue weighted by Gasteiger charge is -2.29. The molecule has 0 bridgehead atoms. The average molecular weight is 363 g/mol. The monoisotopic (exact) mass is 362 g/mol. The molecule has 0 saturated carbocycles. The summed E-state index contributed by atoms with van der Waals surface area (Å²) in [6.07, 6.45) is -4.76. The number of hydrogen-bond donors (Lipinski definition) is 0. The maximum atomic E-state index is 12.6. The van der Waals surface area contributed by atoms with Gasteiger partial charge in [0.15, 0.2) is 0 Å². The minimum absolute atomic E-state index is 0.304. The highest BCUT2D eigenvalue weighted by molar-refractivity contribution is 6.28. The van der Waals surface area contributed by atoms with Crippen LogP contribution in [0.5, 0.6) is 5.75 Å². The van der Waals surface area contributed by atoms with Gasteiger partial charge in [0.2, 0.25) is 0 Å². The SMILES string of the molecule is FC(F)(F)Oc1cccc(C(Cl)(c2ccccc2)c2ccccc2)c1. The highest BCUT2D eigenvalue weighted by atomic mass is 35.5. The van der Waals surface area contributed by atoms with Gasteiger partial charge in [-0.1, -0.05) is 72.8 Å². The number of halogens is 4. The van der Waals surface area contributed by atoms with Gasteiger partial charge in [0, 0.05) is 0 Å². The first-order valence-corrected chi connectivity index (χ1v) is 7.93. The van der Waals surface area contributed by atoms with Crippen molar-refractivity contribution in [2.45, 2.75) is 11.2 Å². The van der Waals surface area contributed by atoms with Gasteiger partial charge in [0.1, 0.15) is 10.6 Å². The molecule has 0 spiro atoms. The first-order valence-electron chi connectivity index (χ1n) is 7.56. The molecule has 128 valence electrons. The van der Waals surface area contributed by atoms with Gasteiger partial charge >= 0.3 is 6.36 Å². The smallest absolute Gasteiger partial charge is 0.406 e. The Bertz CT molecular complexity index is 793. The van der Waals surface area contributed by atoms with Crippen molar-refractivity contribution in [2.24, 2.45) is 0 Å². The van der Waals surface area contributed by atoms with E-state index in [2.05, 4.69) is 4.74 Å². The van der Waals surface area contributed by atoms with Crippen molar-refractivity contribution in [2.75, 3.05) is 0 Å². The molecule has 0 unspecified atom stereocenters. The van der Waals surface area contributed by atoms with Crippen LogP contribution in [0.1, 0.15) is 16.7 Å². The molecule has 3 rings (SSSR count). The van der Waals surface area contributed by atoms with E-state index in [1.165, 1.54) is 18.2 Å². The van der Waals surface area contributed by atoms with Crippen molar-refractivity contribution < 1.29 is 17.9 Å². The Morgan fingerprint density at radius 3 is 1.60 bits per heavy atom. The van der Waals surface area contributed by atoms with E-state index < -0.39 is 11.2 Å². The van der Waals surface area contributed by atoms with Gasteiger partial charge in [0.05, 0.1) is 0 Å².